The SMILES string of the molecule is CC(C)(C)c1ccc(N2c3cc4ccccc4c4c3B(c3ccc5oc6ccccc6c5c32)N2c3c-4cc(C(C)(C)C)cc3C3(C)CCCCC23C)c(-c2ccccc2)c1. The van der Waals surface area contributed by atoms with Crippen molar-refractivity contribution in [3.63, 3.8) is 0 Å². The van der Waals surface area contributed by atoms with E-state index in [1.165, 1.54) is 109 Å². The van der Waals surface area contributed by atoms with Crippen LogP contribution in [0.5, 0.6) is 0 Å². The van der Waals surface area contributed by atoms with Crippen molar-refractivity contribution < 1.29 is 4.42 Å². The van der Waals surface area contributed by atoms with Gasteiger partial charge in [0.05, 0.1) is 16.8 Å². The summed E-state index contributed by atoms with van der Waals surface area (Å²) in [5.41, 5.74) is 19.2. The fraction of sp³-hybridized carbons (Fsp3) is 0.286. The average Bonchev–Trinajstić information content (AvgIpc) is 3.72. The Balaban J connectivity index is 1.29. The highest BCUT2D eigenvalue weighted by Crippen LogP contribution is 2.64. The first-order chi connectivity index (χ1) is 28.8. The predicted octanol–water partition coefficient (Wildman–Crippen LogP) is 14.0. The van der Waals surface area contributed by atoms with Crippen LogP contribution in [0.15, 0.2) is 132 Å². The zero-order chi connectivity index (χ0) is 41.1. The first-order valence-corrected chi connectivity index (χ1v) is 22.3. The van der Waals surface area contributed by atoms with Crippen LogP contribution in [-0.4, -0.2) is 12.4 Å². The van der Waals surface area contributed by atoms with Crippen LogP contribution in [0.25, 0.3) is 55.0 Å². The molecule has 12 rings (SSSR count). The molecular weight excluding hydrogens is 727 g/mol. The molecule has 0 radical (unpaired) electrons. The summed E-state index contributed by atoms with van der Waals surface area (Å²) in [4.78, 5) is 5.63. The lowest BCUT2D eigenvalue weighted by molar-refractivity contribution is 0.199. The highest BCUT2D eigenvalue weighted by atomic mass is 16.3. The zero-order valence-electron chi connectivity index (χ0n) is 36.3. The van der Waals surface area contributed by atoms with E-state index in [4.69, 9.17) is 4.42 Å². The van der Waals surface area contributed by atoms with Gasteiger partial charge in [-0.25, -0.2) is 0 Å². The van der Waals surface area contributed by atoms with E-state index in [0.717, 1.165) is 16.6 Å². The van der Waals surface area contributed by atoms with Crippen molar-refractivity contribution in [3.8, 4) is 22.3 Å². The number of hydrogen-bond donors (Lipinski definition) is 0. The van der Waals surface area contributed by atoms with Crippen LogP contribution < -0.4 is 20.6 Å². The summed E-state index contributed by atoms with van der Waals surface area (Å²) in [6, 6.07) is 48.6. The maximum absolute atomic E-state index is 6.79. The molecule has 0 saturated heterocycles. The third-order valence-corrected chi connectivity index (χ3v) is 15.5. The zero-order valence-corrected chi connectivity index (χ0v) is 36.3. The molecule has 0 N–H and O–H groups in total. The Labute approximate surface area is 355 Å². The molecule has 1 aliphatic carbocycles. The Morgan fingerprint density at radius 1 is 0.600 bits per heavy atom. The van der Waals surface area contributed by atoms with Crippen molar-refractivity contribution in [1.82, 2.24) is 0 Å². The van der Waals surface area contributed by atoms with Crippen LogP contribution in [0.2, 0.25) is 0 Å². The third-order valence-electron chi connectivity index (χ3n) is 15.5. The average molecular weight is 781 g/mol. The standard InChI is InChI=1S/C56H53BN2O/c1-53(2,3)36-24-26-44(40(31-36)34-18-10-9-11-19-34)58-45-30-35-20-12-13-21-38(35)48-41-32-37(54(4,5)6)33-42-51(41)59(56(8)29-17-16-28-55(42,56)7)57(50(45)48)43-25-27-47-49(52(43)58)39-22-14-15-23-46(39)60-47/h9-15,18-27,30-33H,16-17,28-29H2,1-8H3. The van der Waals surface area contributed by atoms with Gasteiger partial charge in [-0.05, 0) is 117 Å². The number of para-hydroxylation sites is 1. The second kappa shape index (κ2) is 12.0. The minimum atomic E-state index is -0.0828. The summed E-state index contributed by atoms with van der Waals surface area (Å²) < 4.78 is 6.79. The molecule has 2 unspecified atom stereocenters. The van der Waals surface area contributed by atoms with Crippen molar-refractivity contribution in [1.29, 1.82) is 0 Å². The topological polar surface area (TPSA) is 19.6 Å². The molecule has 3 aliphatic heterocycles. The smallest absolute Gasteiger partial charge is 0.328 e. The second-order valence-corrected chi connectivity index (χ2v) is 20.8. The molecule has 1 saturated carbocycles. The fourth-order valence-corrected chi connectivity index (χ4v) is 12.1. The number of nitrogens with zero attached hydrogens (tertiary/aromatic N) is 2. The van der Waals surface area contributed by atoms with Crippen molar-refractivity contribution in [2.75, 3.05) is 9.71 Å². The summed E-state index contributed by atoms with van der Waals surface area (Å²) in [5.74, 6) is 0. The molecule has 296 valence electrons. The quantitative estimate of drug-likeness (QED) is 0.163. The molecule has 4 heterocycles. The summed E-state index contributed by atoms with van der Waals surface area (Å²) >= 11 is 0. The van der Waals surface area contributed by atoms with Gasteiger partial charge < -0.3 is 14.1 Å². The van der Waals surface area contributed by atoms with E-state index in [1.54, 1.807) is 5.56 Å². The Morgan fingerprint density at radius 2 is 1.30 bits per heavy atom. The lowest BCUT2D eigenvalue weighted by atomic mass is 9.41. The van der Waals surface area contributed by atoms with Crippen molar-refractivity contribution in [3.05, 3.63) is 144 Å². The van der Waals surface area contributed by atoms with Gasteiger partial charge in [0.2, 0.25) is 0 Å². The van der Waals surface area contributed by atoms with E-state index in [1.807, 2.05) is 0 Å². The summed E-state index contributed by atoms with van der Waals surface area (Å²) in [6.45, 7) is 19.4. The van der Waals surface area contributed by atoms with Gasteiger partial charge in [-0.15, -0.1) is 0 Å². The molecule has 7 aromatic carbocycles. The van der Waals surface area contributed by atoms with E-state index < -0.39 is 0 Å². The molecule has 1 aromatic heterocycles. The van der Waals surface area contributed by atoms with Crippen LogP contribution in [0.3, 0.4) is 0 Å². The molecule has 60 heavy (non-hydrogen) atoms. The van der Waals surface area contributed by atoms with Crippen LogP contribution >= 0.6 is 0 Å². The van der Waals surface area contributed by atoms with Crippen LogP contribution in [0.4, 0.5) is 22.7 Å². The van der Waals surface area contributed by atoms with E-state index in [0.29, 0.717) is 0 Å². The molecular formula is C56H53BN2O. The second-order valence-electron chi connectivity index (χ2n) is 20.8. The molecule has 8 aromatic rings. The molecule has 4 aliphatic rings. The number of fused-ring (bicyclic) bond motifs is 13. The van der Waals surface area contributed by atoms with E-state index >= 15 is 0 Å². The summed E-state index contributed by atoms with van der Waals surface area (Å²) in [6.07, 6.45) is 4.87. The number of furan rings is 1. The molecule has 0 spiro atoms. The third kappa shape index (κ3) is 4.63. The highest BCUT2D eigenvalue weighted by Gasteiger charge is 2.63. The number of hydrogen-bond acceptors (Lipinski definition) is 3. The number of anilines is 4. The number of rotatable bonds is 2. The Morgan fingerprint density at radius 3 is 2.08 bits per heavy atom. The predicted molar refractivity (Wildman–Crippen MR) is 256 cm³/mol. The van der Waals surface area contributed by atoms with E-state index in [9.17, 15) is 0 Å². The summed E-state index contributed by atoms with van der Waals surface area (Å²) in [5, 5.41) is 4.95. The van der Waals surface area contributed by atoms with Gasteiger partial charge in [-0.2, -0.15) is 0 Å². The van der Waals surface area contributed by atoms with Crippen molar-refractivity contribution >= 4 is 73.2 Å². The lowest BCUT2D eigenvalue weighted by Gasteiger charge is -2.55. The Hall–Kier alpha value is -5.74. The Bertz CT molecular complexity index is 3130. The van der Waals surface area contributed by atoms with Gasteiger partial charge in [-0.1, -0.05) is 152 Å². The van der Waals surface area contributed by atoms with Gasteiger partial charge in [0.15, 0.2) is 0 Å². The molecule has 2 atom stereocenters. The molecule has 3 nitrogen and oxygen atoms in total. The minimum absolute atomic E-state index is 0.00159. The van der Waals surface area contributed by atoms with Gasteiger partial charge in [-0.3, -0.25) is 0 Å². The molecule has 0 amide bonds. The van der Waals surface area contributed by atoms with Crippen molar-refractivity contribution in [2.45, 2.75) is 103 Å². The van der Waals surface area contributed by atoms with Gasteiger partial charge in [0, 0.05) is 38.8 Å². The maximum Gasteiger partial charge on any atom is 0.328 e. The monoisotopic (exact) mass is 780 g/mol. The van der Waals surface area contributed by atoms with Gasteiger partial charge in [0.1, 0.15) is 11.2 Å². The molecule has 4 heteroatoms. The minimum Gasteiger partial charge on any atom is -0.456 e. The van der Waals surface area contributed by atoms with Gasteiger partial charge >= 0.3 is 6.85 Å². The summed E-state index contributed by atoms with van der Waals surface area (Å²) in [7, 11) is 0. The normalized spacial score (nSPS) is 20.4. The van der Waals surface area contributed by atoms with E-state index in [2.05, 4.69) is 192 Å². The van der Waals surface area contributed by atoms with Gasteiger partial charge in [0.25, 0.3) is 0 Å². The first-order valence-electron chi connectivity index (χ1n) is 22.3. The highest BCUT2D eigenvalue weighted by molar-refractivity contribution is 6.93. The largest absolute Gasteiger partial charge is 0.456 e. The van der Waals surface area contributed by atoms with E-state index in [-0.39, 0.29) is 28.6 Å². The molecule has 0 bridgehead atoms. The van der Waals surface area contributed by atoms with Crippen LogP contribution in [0.1, 0.15) is 97.8 Å². The fourth-order valence-electron chi connectivity index (χ4n) is 12.1. The maximum atomic E-state index is 6.79. The lowest BCUT2D eigenvalue weighted by Crippen LogP contribution is -2.70. The van der Waals surface area contributed by atoms with Crippen LogP contribution in [-0.2, 0) is 16.2 Å². The Kier molecular flexibility index (Phi) is 7.21. The molecule has 1 fully saturated rings. The number of benzene rings is 7. The first kappa shape index (κ1) is 36.1. The van der Waals surface area contributed by atoms with Crippen LogP contribution in [0, 0.1) is 0 Å². The van der Waals surface area contributed by atoms with Crippen molar-refractivity contribution in [2.24, 2.45) is 0 Å².